The van der Waals surface area contributed by atoms with Crippen molar-refractivity contribution in [1.29, 1.82) is 0 Å². The molecule has 1 aliphatic heterocycles. The van der Waals surface area contributed by atoms with Crippen molar-refractivity contribution in [2.45, 2.75) is 33.3 Å². The van der Waals surface area contributed by atoms with Crippen LogP contribution in [-0.4, -0.2) is 22.5 Å². The van der Waals surface area contributed by atoms with Crippen LogP contribution < -0.4 is 0 Å². The van der Waals surface area contributed by atoms with E-state index in [0.717, 1.165) is 0 Å². The van der Waals surface area contributed by atoms with E-state index in [1.165, 1.54) is 31.2 Å². The number of nitro benzene ring substituents is 1. The van der Waals surface area contributed by atoms with Crippen molar-refractivity contribution in [3.8, 4) is 0 Å². The fourth-order valence-corrected chi connectivity index (χ4v) is 3.76. The Hall–Kier alpha value is -3.35. The van der Waals surface area contributed by atoms with Crippen molar-refractivity contribution in [3.05, 3.63) is 75.8 Å². The number of esters is 1. The zero-order chi connectivity index (χ0) is 21.4. The molecule has 29 heavy (non-hydrogen) atoms. The van der Waals surface area contributed by atoms with Crippen molar-refractivity contribution in [1.82, 2.24) is 0 Å². The SMILES string of the molecule is CC1(C)C(=O)[C@](C)(CC(=O)c2ccc([N+](=O)[O-])cc2)C(=O)O[C@H]1c1ccccc1. The molecule has 0 unspecified atom stereocenters. The Morgan fingerprint density at radius 3 is 2.17 bits per heavy atom. The van der Waals surface area contributed by atoms with Crippen LogP contribution in [0.3, 0.4) is 0 Å². The fraction of sp³-hybridized carbons (Fsp3) is 0.318. The van der Waals surface area contributed by atoms with Crippen LogP contribution in [0.2, 0.25) is 0 Å². The standard InChI is InChI=1S/C22H21NO6/c1-21(2)18(15-7-5-4-6-8-15)29-20(26)22(3,19(21)25)13-17(24)14-9-11-16(12-10-14)23(27)28/h4-12,18H,13H2,1-3H3/t18-,22-/m0/s1. The molecule has 150 valence electrons. The molecule has 0 saturated carbocycles. The molecule has 0 spiro atoms. The van der Waals surface area contributed by atoms with Gasteiger partial charge in [0.2, 0.25) is 0 Å². The van der Waals surface area contributed by atoms with E-state index >= 15 is 0 Å². The summed E-state index contributed by atoms with van der Waals surface area (Å²) < 4.78 is 5.66. The molecule has 2 aromatic rings. The monoisotopic (exact) mass is 395 g/mol. The molecule has 0 amide bonds. The largest absolute Gasteiger partial charge is 0.456 e. The van der Waals surface area contributed by atoms with Gasteiger partial charge in [0.25, 0.3) is 5.69 Å². The molecular weight excluding hydrogens is 374 g/mol. The topological polar surface area (TPSA) is 104 Å². The highest BCUT2D eigenvalue weighted by molar-refractivity contribution is 6.12. The Bertz CT molecular complexity index is 980. The van der Waals surface area contributed by atoms with Crippen LogP contribution in [0.1, 0.15) is 49.2 Å². The molecule has 0 aliphatic carbocycles. The molecule has 1 fully saturated rings. The maximum Gasteiger partial charge on any atom is 0.320 e. The summed E-state index contributed by atoms with van der Waals surface area (Å²) in [5.41, 5.74) is -1.90. The first-order chi connectivity index (χ1) is 13.6. The molecular formula is C22H21NO6. The van der Waals surface area contributed by atoms with Crippen LogP contribution in [0.5, 0.6) is 0 Å². The second-order valence-electron chi connectivity index (χ2n) is 7.98. The van der Waals surface area contributed by atoms with Crippen molar-refractivity contribution in [2.75, 3.05) is 0 Å². The summed E-state index contributed by atoms with van der Waals surface area (Å²) in [4.78, 5) is 49.1. The normalized spacial score (nSPS) is 23.3. The summed E-state index contributed by atoms with van der Waals surface area (Å²) in [6, 6.07) is 14.1. The first-order valence-electron chi connectivity index (χ1n) is 9.16. The van der Waals surface area contributed by atoms with Crippen LogP contribution >= 0.6 is 0 Å². The van der Waals surface area contributed by atoms with Crippen LogP contribution in [0.15, 0.2) is 54.6 Å². The number of Topliss-reactive ketones (excluding diaryl/α,β-unsaturated/α-hetero) is 2. The molecule has 0 bridgehead atoms. The molecule has 0 N–H and O–H groups in total. The number of rotatable bonds is 5. The average Bonchev–Trinajstić information content (AvgIpc) is 2.70. The predicted octanol–water partition coefficient (Wildman–Crippen LogP) is 4.07. The highest BCUT2D eigenvalue weighted by Gasteiger charge is 2.58. The van der Waals surface area contributed by atoms with Gasteiger partial charge < -0.3 is 4.74 Å². The van der Waals surface area contributed by atoms with Gasteiger partial charge in [-0.2, -0.15) is 0 Å². The van der Waals surface area contributed by atoms with Crippen molar-refractivity contribution in [2.24, 2.45) is 10.8 Å². The summed E-state index contributed by atoms with van der Waals surface area (Å²) in [6.07, 6.45) is -1.11. The molecule has 1 saturated heterocycles. The second-order valence-corrected chi connectivity index (χ2v) is 7.98. The number of ether oxygens (including phenoxy) is 1. The Kier molecular flexibility index (Phi) is 5.09. The van der Waals surface area contributed by atoms with Crippen molar-refractivity contribution < 1.29 is 24.0 Å². The molecule has 7 nitrogen and oxygen atoms in total. The lowest BCUT2D eigenvalue weighted by Gasteiger charge is -2.44. The third kappa shape index (κ3) is 3.55. The minimum Gasteiger partial charge on any atom is -0.456 e. The number of nitrogens with zero attached hydrogens (tertiary/aromatic N) is 1. The molecule has 1 heterocycles. The van der Waals surface area contributed by atoms with E-state index in [-0.39, 0.29) is 23.5 Å². The molecule has 0 aromatic heterocycles. The average molecular weight is 395 g/mol. The van der Waals surface area contributed by atoms with Gasteiger partial charge in [-0.1, -0.05) is 30.3 Å². The first kappa shape index (κ1) is 20.4. The maximum atomic E-state index is 13.3. The van der Waals surface area contributed by atoms with Gasteiger partial charge in [-0.25, -0.2) is 0 Å². The van der Waals surface area contributed by atoms with Gasteiger partial charge in [0.05, 0.1) is 10.3 Å². The van der Waals surface area contributed by atoms with Crippen LogP contribution in [0.4, 0.5) is 5.69 Å². The lowest BCUT2D eigenvalue weighted by atomic mass is 9.64. The lowest BCUT2D eigenvalue weighted by molar-refractivity contribution is -0.384. The smallest absolute Gasteiger partial charge is 0.320 e. The van der Waals surface area contributed by atoms with E-state index in [1.54, 1.807) is 38.1 Å². The van der Waals surface area contributed by atoms with Gasteiger partial charge in [0, 0.05) is 24.1 Å². The first-order valence-corrected chi connectivity index (χ1v) is 9.16. The van der Waals surface area contributed by atoms with Gasteiger partial charge in [-0.05, 0) is 38.5 Å². The molecule has 7 heteroatoms. The summed E-state index contributed by atoms with van der Waals surface area (Å²) in [5.74, 6) is -1.57. The summed E-state index contributed by atoms with van der Waals surface area (Å²) >= 11 is 0. The number of benzene rings is 2. The Morgan fingerprint density at radius 2 is 1.62 bits per heavy atom. The van der Waals surface area contributed by atoms with Crippen molar-refractivity contribution in [3.63, 3.8) is 0 Å². The van der Waals surface area contributed by atoms with E-state index in [4.69, 9.17) is 4.74 Å². The molecule has 1 aliphatic rings. The van der Waals surface area contributed by atoms with Crippen LogP contribution in [0, 0.1) is 20.9 Å². The number of non-ortho nitro benzene ring substituents is 1. The number of nitro groups is 1. The number of ketones is 2. The molecule has 2 aromatic carbocycles. The lowest BCUT2D eigenvalue weighted by Crippen LogP contribution is -2.54. The van der Waals surface area contributed by atoms with Crippen molar-refractivity contribution >= 4 is 23.2 Å². The third-order valence-corrected chi connectivity index (χ3v) is 5.43. The highest BCUT2D eigenvalue weighted by Crippen LogP contribution is 2.49. The van der Waals surface area contributed by atoms with E-state index in [2.05, 4.69) is 0 Å². The van der Waals surface area contributed by atoms with E-state index in [9.17, 15) is 24.5 Å². The zero-order valence-electron chi connectivity index (χ0n) is 16.4. The fourth-order valence-electron chi connectivity index (χ4n) is 3.76. The molecule has 0 radical (unpaired) electrons. The highest BCUT2D eigenvalue weighted by atomic mass is 16.6. The van der Waals surface area contributed by atoms with Crippen LogP contribution in [0.25, 0.3) is 0 Å². The number of carbonyl (C=O) groups is 3. The summed E-state index contributed by atoms with van der Waals surface area (Å²) in [7, 11) is 0. The number of carbonyl (C=O) groups excluding carboxylic acids is 3. The quantitative estimate of drug-likeness (QED) is 0.249. The molecule has 3 rings (SSSR count). The van der Waals surface area contributed by atoms with Gasteiger partial charge in [0.1, 0.15) is 11.5 Å². The van der Waals surface area contributed by atoms with Gasteiger partial charge >= 0.3 is 5.97 Å². The van der Waals surface area contributed by atoms with E-state index < -0.39 is 33.6 Å². The summed E-state index contributed by atoms with van der Waals surface area (Å²) in [6.45, 7) is 4.83. The maximum absolute atomic E-state index is 13.3. The zero-order valence-corrected chi connectivity index (χ0v) is 16.4. The Labute approximate surface area is 167 Å². The Balaban J connectivity index is 1.87. The minimum atomic E-state index is -1.63. The third-order valence-electron chi connectivity index (χ3n) is 5.43. The van der Waals surface area contributed by atoms with Gasteiger partial charge in [-0.3, -0.25) is 24.5 Å². The molecule has 2 atom stereocenters. The Morgan fingerprint density at radius 1 is 1.03 bits per heavy atom. The van der Waals surface area contributed by atoms with Crippen LogP contribution in [-0.2, 0) is 14.3 Å². The number of hydrogen-bond donors (Lipinski definition) is 0. The van der Waals surface area contributed by atoms with Gasteiger partial charge in [0.15, 0.2) is 11.6 Å². The van der Waals surface area contributed by atoms with Gasteiger partial charge in [-0.15, -0.1) is 0 Å². The predicted molar refractivity (Wildman–Crippen MR) is 104 cm³/mol. The number of hydrogen-bond acceptors (Lipinski definition) is 6. The van der Waals surface area contributed by atoms with E-state index in [0.29, 0.717) is 5.56 Å². The summed E-state index contributed by atoms with van der Waals surface area (Å²) in [5, 5.41) is 10.8. The van der Waals surface area contributed by atoms with E-state index in [1.807, 2.05) is 6.07 Å². The second kappa shape index (κ2) is 7.24. The number of cyclic esters (lactones) is 1. The minimum absolute atomic E-state index is 0.146.